The van der Waals surface area contributed by atoms with Crippen LogP contribution in [-0.2, 0) is 0 Å². The molecule has 0 atom stereocenters. The number of unbranched alkanes of at least 4 members (excludes halogenated alkanes) is 11. The van der Waals surface area contributed by atoms with E-state index < -0.39 is 0 Å². The van der Waals surface area contributed by atoms with Crippen LogP contribution in [-0.4, -0.2) is 31.0 Å². The standard InChI is InChI=1S/C16H35N.H2O/c1-4-5-6-7-8-9-10-11-12-13-14-15-16-17(2)3;/h4-16H2,1-3H3;1H2. The van der Waals surface area contributed by atoms with E-state index in [1.807, 2.05) is 0 Å². The molecule has 0 amide bonds. The molecule has 0 aromatic rings. The Bertz CT molecular complexity index is 137. The fourth-order valence-corrected chi connectivity index (χ4v) is 2.27. The lowest BCUT2D eigenvalue weighted by Crippen LogP contribution is -2.12. The molecule has 2 N–H and O–H groups in total. The summed E-state index contributed by atoms with van der Waals surface area (Å²) in [6, 6.07) is 0. The van der Waals surface area contributed by atoms with Gasteiger partial charge in [0.1, 0.15) is 0 Å². The summed E-state index contributed by atoms with van der Waals surface area (Å²) in [5.41, 5.74) is 0. The van der Waals surface area contributed by atoms with Crippen molar-refractivity contribution >= 4 is 0 Å². The van der Waals surface area contributed by atoms with E-state index in [0.29, 0.717) is 0 Å². The van der Waals surface area contributed by atoms with Gasteiger partial charge in [0, 0.05) is 0 Å². The normalized spacial score (nSPS) is 10.7. The monoisotopic (exact) mass is 259 g/mol. The highest BCUT2D eigenvalue weighted by Gasteiger charge is 1.94. The third kappa shape index (κ3) is 18.3. The van der Waals surface area contributed by atoms with Crippen molar-refractivity contribution in [3.8, 4) is 0 Å². The maximum Gasteiger partial charge on any atom is -0.00248 e. The minimum Gasteiger partial charge on any atom is -0.412 e. The van der Waals surface area contributed by atoms with Crippen LogP contribution < -0.4 is 0 Å². The molecule has 0 heterocycles. The fraction of sp³-hybridized carbons (Fsp3) is 1.00. The predicted octanol–water partition coefficient (Wildman–Crippen LogP) is 4.42. The Hall–Kier alpha value is -0.0800. The fourth-order valence-electron chi connectivity index (χ4n) is 2.27. The van der Waals surface area contributed by atoms with Gasteiger partial charge in [0.05, 0.1) is 0 Å². The lowest BCUT2D eigenvalue weighted by Gasteiger charge is -2.08. The summed E-state index contributed by atoms with van der Waals surface area (Å²) in [5.74, 6) is 0. The second-order valence-electron chi connectivity index (χ2n) is 5.69. The first kappa shape index (κ1) is 20.2. The van der Waals surface area contributed by atoms with Crippen LogP contribution in [0.1, 0.15) is 84.0 Å². The molecule has 0 aromatic heterocycles. The van der Waals surface area contributed by atoms with Crippen molar-refractivity contribution in [1.82, 2.24) is 4.90 Å². The van der Waals surface area contributed by atoms with Crippen molar-refractivity contribution < 1.29 is 5.48 Å². The summed E-state index contributed by atoms with van der Waals surface area (Å²) >= 11 is 0. The molecule has 0 saturated carbocycles. The molecule has 0 spiro atoms. The van der Waals surface area contributed by atoms with Gasteiger partial charge in [0.2, 0.25) is 0 Å². The lowest BCUT2D eigenvalue weighted by molar-refractivity contribution is 0.389. The average Bonchev–Trinajstić information content (AvgIpc) is 2.30. The van der Waals surface area contributed by atoms with Crippen LogP contribution in [0.2, 0.25) is 0 Å². The van der Waals surface area contributed by atoms with Crippen LogP contribution in [0.4, 0.5) is 0 Å². The lowest BCUT2D eigenvalue weighted by atomic mass is 10.1. The van der Waals surface area contributed by atoms with Gasteiger partial charge in [-0.25, -0.2) is 0 Å². The SMILES string of the molecule is CCCCCCCCCCCCCCN(C)C.O. The molecule has 0 aliphatic carbocycles. The summed E-state index contributed by atoms with van der Waals surface area (Å²) in [4.78, 5) is 2.29. The van der Waals surface area contributed by atoms with E-state index in [-0.39, 0.29) is 5.48 Å². The van der Waals surface area contributed by atoms with Crippen LogP contribution in [0.25, 0.3) is 0 Å². The molecule has 0 fully saturated rings. The molecule has 0 saturated heterocycles. The molecule has 2 nitrogen and oxygen atoms in total. The van der Waals surface area contributed by atoms with Gasteiger partial charge in [0.25, 0.3) is 0 Å². The second-order valence-corrected chi connectivity index (χ2v) is 5.69. The average molecular weight is 259 g/mol. The Morgan fingerprint density at radius 1 is 0.556 bits per heavy atom. The Balaban J connectivity index is 0. The summed E-state index contributed by atoms with van der Waals surface area (Å²) in [6.07, 6.45) is 17.3. The largest absolute Gasteiger partial charge is 0.412 e. The molecule has 112 valence electrons. The molecule has 0 aliphatic rings. The van der Waals surface area contributed by atoms with Crippen molar-refractivity contribution in [2.24, 2.45) is 0 Å². The molecule has 0 unspecified atom stereocenters. The number of hydrogen-bond donors (Lipinski definition) is 0. The maximum absolute atomic E-state index is 2.29. The van der Waals surface area contributed by atoms with Crippen molar-refractivity contribution in [1.29, 1.82) is 0 Å². The smallest absolute Gasteiger partial charge is 0.00248 e. The van der Waals surface area contributed by atoms with Gasteiger partial charge < -0.3 is 10.4 Å². The Kier molecular flexibility index (Phi) is 19.0. The Morgan fingerprint density at radius 3 is 1.22 bits per heavy atom. The molecular formula is C16H37NO. The van der Waals surface area contributed by atoms with Crippen LogP contribution >= 0.6 is 0 Å². The van der Waals surface area contributed by atoms with Crippen molar-refractivity contribution in [2.45, 2.75) is 84.0 Å². The van der Waals surface area contributed by atoms with E-state index in [0.717, 1.165) is 0 Å². The van der Waals surface area contributed by atoms with Crippen molar-refractivity contribution in [2.75, 3.05) is 20.6 Å². The van der Waals surface area contributed by atoms with Gasteiger partial charge in [-0.1, -0.05) is 77.6 Å². The van der Waals surface area contributed by atoms with Crippen LogP contribution in [0.3, 0.4) is 0 Å². The minimum absolute atomic E-state index is 0. The summed E-state index contributed by atoms with van der Waals surface area (Å²) in [7, 11) is 4.33. The molecule has 0 aliphatic heterocycles. The zero-order valence-electron chi connectivity index (χ0n) is 13.1. The third-order valence-electron chi connectivity index (χ3n) is 3.46. The summed E-state index contributed by atoms with van der Waals surface area (Å²) in [5, 5.41) is 0. The maximum atomic E-state index is 2.29. The first-order chi connectivity index (χ1) is 8.27. The van der Waals surface area contributed by atoms with Crippen LogP contribution in [0, 0.1) is 0 Å². The zero-order valence-corrected chi connectivity index (χ0v) is 13.1. The van der Waals surface area contributed by atoms with Gasteiger partial charge in [-0.15, -0.1) is 0 Å². The van der Waals surface area contributed by atoms with Crippen molar-refractivity contribution in [3.05, 3.63) is 0 Å². The quantitative estimate of drug-likeness (QED) is 0.451. The number of hydrogen-bond acceptors (Lipinski definition) is 1. The molecule has 18 heavy (non-hydrogen) atoms. The second kappa shape index (κ2) is 16.9. The number of nitrogens with zero attached hydrogens (tertiary/aromatic N) is 1. The van der Waals surface area contributed by atoms with Gasteiger partial charge in [0.15, 0.2) is 0 Å². The highest BCUT2D eigenvalue weighted by molar-refractivity contribution is 4.49. The zero-order chi connectivity index (χ0) is 12.8. The Labute approximate surface area is 115 Å². The number of rotatable bonds is 13. The topological polar surface area (TPSA) is 34.7 Å². The van der Waals surface area contributed by atoms with Crippen LogP contribution in [0.5, 0.6) is 0 Å². The first-order valence-corrected chi connectivity index (χ1v) is 7.92. The van der Waals surface area contributed by atoms with Gasteiger partial charge >= 0.3 is 0 Å². The van der Waals surface area contributed by atoms with E-state index in [1.54, 1.807) is 0 Å². The predicted molar refractivity (Wildman–Crippen MR) is 83.2 cm³/mol. The van der Waals surface area contributed by atoms with Crippen LogP contribution in [0.15, 0.2) is 0 Å². The molecule has 0 aromatic carbocycles. The van der Waals surface area contributed by atoms with Gasteiger partial charge in [-0.2, -0.15) is 0 Å². The first-order valence-electron chi connectivity index (χ1n) is 7.92. The molecule has 0 rings (SSSR count). The minimum atomic E-state index is 0. The highest BCUT2D eigenvalue weighted by Crippen LogP contribution is 2.11. The molecule has 0 radical (unpaired) electrons. The van der Waals surface area contributed by atoms with E-state index >= 15 is 0 Å². The Morgan fingerprint density at radius 2 is 0.889 bits per heavy atom. The highest BCUT2D eigenvalue weighted by atomic mass is 16.0. The molecule has 0 bridgehead atoms. The summed E-state index contributed by atoms with van der Waals surface area (Å²) < 4.78 is 0. The van der Waals surface area contributed by atoms with Gasteiger partial charge in [-0.3, -0.25) is 0 Å². The molecular weight excluding hydrogens is 222 g/mol. The van der Waals surface area contributed by atoms with E-state index in [1.165, 1.54) is 83.6 Å². The van der Waals surface area contributed by atoms with E-state index in [9.17, 15) is 0 Å². The van der Waals surface area contributed by atoms with E-state index in [4.69, 9.17) is 0 Å². The third-order valence-corrected chi connectivity index (χ3v) is 3.46. The molecule has 2 heteroatoms. The summed E-state index contributed by atoms with van der Waals surface area (Å²) in [6.45, 7) is 3.55. The van der Waals surface area contributed by atoms with Crippen molar-refractivity contribution in [3.63, 3.8) is 0 Å². The van der Waals surface area contributed by atoms with E-state index in [2.05, 4.69) is 25.9 Å². The van der Waals surface area contributed by atoms with Gasteiger partial charge in [-0.05, 0) is 27.1 Å².